The van der Waals surface area contributed by atoms with Gasteiger partial charge in [0, 0.05) is 23.5 Å². The van der Waals surface area contributed by atoms with Gasteiger partial charge in [-0.2, -0.15) is 5.26 Å². The average molecular weight is 287 g/mol. The van der Waals surface area contributed by atoms with Crippen molar-refractivity contribution in [3.63, 3.8) is 0 Å². The molecule has 4 nitrogen and oxygen atoms in total. The van der Waals surface area contributed by atoms with Crippen molar-refractivity contribution in [2.24, 2.45) is 0 Å². The Labute approximate surface area is 120 Å². The summed E-state index contributed by atoms with van der Waals surface area (Å²) in [7, 11) is -1.49. The molecule has 5 heteroatoms. The fourth-order valence-corrected chi connectivity index (χ4v) is 4.16. The van der Waals surface area contributed by atoms with E-state index in [1.165, 1.54) is 10.9 Å². The third-order valence-electron chi connectivity index (χ3n) is 3.47. The predicted octanol–water partition coefficient (Wildman–Crippen LogP) is 2.29. The molecule has 106 valence electrons. The second-order valence-corrected chi connectivity index (χ2v) is 11.1. The van der Waals surface area contributed by atoms with Crippen molar-refractivity contribution in [3.8, 4) is 6.07 Å². The molecule has 0 aliphatic heterocycles. The number of aromatic amines is 1. The number of fused-ring (bicyclic) bond motifs is 1. The molecule has 0 unspecified atom stereocenters. The van der Waals surface area contributed by atoms with Gasteiger partial charge in [-0.05, 0) is 30.9 Å². The van der Waals surface area contributed by atoms with Gasteiger partial charge in [0.1, 0.15) is 11.7 Å². The molecule has 0 amide bonds. The van der Waals surface area contributed by atoms with Crippen LogP contribution in [0.25, 0.3) is 11.0 Å². The number of unbranched alkanes of at least 4 members (excludes halogenated alkanes) is 1. The molecule has 0 aliphatic carbocycles. The molecular formula is C15H21N3OSi. The molecule has 2 aromatic rings. The second kappa shape index (κ2) is 5.78. The van der Waals surface area contributed by atoms with E-state index in [9.17, 15) is 0 Å². The van der Waals surface area contributed by atoms with E-state index in [1.54, 1.807) is 6.20 Å². The summed E-state index contributed by atoms with van der Waals surface area (Å²) in [6.45, 7) is 7.14. The van der Waals surface area contributed by atoms with E-state index in [1.807, 2.05) is 6.07 Å². The number of aliphatic hydroxyl groups excluding tert-OH is 1. The molecule has 0 spiro atoms. The van der Waals surface area contributed by atoms with Gasteiger partial charge in [0.15, 0.2) is 0 Å². The van der Waals surface area contributed by atoms with Gasteiger partial charge in [0.2, 0.25) is 0 Å². The summed E-state index contributed by atoms with van der Waals surface area (Å²) in [4.78, 5) is 7.83. The molecule has 2 heterocycles. The number of aryl methyl sites for hydroxylation is 1. The highest BCUT2D eigenvalue weighted by Gasteiger charge is 2.24. The molecule has 2 N–H and O–H groups in total. The molecule has 0 aliphatic rings. The first-order valence-corrected chi connectivity index (χ1v) is 10.5. The van der Waals surface area contributed by atoms with Crippen LogP contribution in [0.3, 0.4) is 0 Å². The van der Waals surface area contributed by atoms with Gasteiger partial charge < -0.3 is 10.1 Å². The fraction of sp³-hybridized carbons (Fsp3) is 0.467. The third kappa shape index (κ3) is 2.92. The molecule has 0 radical (unpaired) electrons. The zero-order valence-corrected chi connectivity index (χ0v) is 13.3. The number of nitrogens with one attached hydrogen (secondary N) is 1. The quantitative estimate of drug-likeness (QED) is 0.654. The highest BCUT2D eigenvalue weighted by atomic mass is 28.3. The van der Waals surface area contributed by atoms with E-state index < -0.39 is 8.07 Å². The maximum Gasteiger partial charge on any atom is 0.137 e. The molecule has 0 atom stereocenters. The van der Waals surface area contributed by atoms with E-state index >= 15 is 0 Å². The zero-order valence-electron chi connectivity index (χ0n) is 12.3. The summed E-state index contributed by atoms with van der Waals surface area (Å²) >= 11 is 0. The Hall–Kier alpha value is -1.64. The minimum absolute atomic E-state index is 0.229. The van der Waals surface area contributed by atoms with Crippen molar-refractivity contribution in [2.75, 3.05) is 6.61 Å². The molecule has 2 aromatic heterocycles. The van der Waals surface area contributed by atoms with Crippen LogP contribution in [0.4, 0.5) is 0 Å². The van der Waals surface area contributed by atoms with Crippen LogP contribution in [0.2, 0.25) is 19.6 Å². The second-order valence-electron chi connectivity index (χ2n) is 6.14. The van der Waals surface area contributed by atoms with Crippen LogP contribution in [-0.2, 0) is 6.42 Å². The van der Waals surface area contributed by atoms with Crippen molar-refractivity contribution in [2.45, 2.75) is 38.9 Å². The Kier molecular flexibility index (Phi) is 4.26. The highest BCUT2D eigenvalue weighted by Crippen LogP contribution is 2.21. The predicted molar refractivity (Wildman–Crippen MR) is 83.8 cm³/mol. The summed E-state index contributed by atoms with van der Waals surface area (Å²) in [5.74, 6) is 0. The van der Waals surface area contributed by atoms with Crippen molar-refractivity contribution in [3.05, 3.63) is 23.4 Å². The molecule has 0 fully saturated rings. The summed E-state index contributed by atoms with van der Waals surface area (Å²) in [5, 5.41) is 20.4. The molecule has 0 saturated carbocycles. The lowest BCUT2D eigenvalue weighted by atomic mass is 10.1. The lowest BCUT2D eigenvalue weighted by Gasteiger charge is -2.17. The van der Waals surface area contributed by atoms with Crippen LogP contribution in [0, 0.1) is 11.3 Å². The van der Waals surface area contributed by atoms with Crippen molar-refractivity contribution in [1.29, 1.82) is 5.26 Å². The number of hydrogen-bond acceptors (Lipinski definition) is 3. The van der Waals surface area contributed by atoms with E-state index in [0.29, 0.717) is 5.56 Å². The van der Waals surface area contributed by atoms with Gasteiger partial charge in [0.25, 0.3) is 0 Å². The first-order valence-electron chi connectivity index (χ1n) is 6.99. The standard InChI is InChI=1S/C15H21N3OSi/c1-20(2,3)15-12(6-4-5-7-19)13-8-11(9-16)10-17-14(13)18-15/h8,10,19H,4-7H2,1-3H3,(H,17,18). The lowest BCUT2D eigenvalue weighted by molar-refractivity contribution is 0.285. The van der Waals surface area contributed by atoms with Gasteiger partial charge in [-0.25, -0.2) is 4.98 Å². The SMILES string of the molecule is C[Si](C)(C)c1[nH]c2ncc(C#N)cc2c1CCCCO. The number of hydrogen-bond donors (Lipinski definition) is 2. The van der Waals surface area contributed by atoms with E-state index in [2.05, 4.69) is 35.7 Å². The van der Waals surface area contributed by atoms with Crippen LogP contribution >= 0.6 is 0 Å². The largest absolute Gasteiger partial charge is 0.396 e. The summed E-state index contributed by atoms with van der Waals surface area (Å²) < 4.78 is 0. The minimum Gasteiger partial charge on any atom is -0.396 e. The Bertz CT molecular complexity index is 649. The zero-order chi connectivity index (χ0) is 14.8. The fourth-order valence-electron chi connectivity index (χ4n) is 2.50. The first kappa shape index (κ1) is 14.8. The van der Waals surface area contributed by atoms with E-state index in [4.69, 9.17) is 10.4 Å². The molecule has 0 bridgehead atoms. The monoisotopic (exact) mass is 287 g/mol. The van der Waals surface area contributed by atoms with Gasteiger partial charge in [0.05, 0.1) is 13.6 Å². The molecule has 0 aromatic carbocycles. The number of pyridine rings is 1. The van der Waals surface area contributed by atoms with Crippen LogP contribution in [0.5, 0.6) is 0 Å². The number of H-pyrrole nitrogens is 1. The summed E-state index contributed by atoms with van der Waals surface area (Å²) in [6.07, 6.45) is 4.31. The number of nitrogens with zero attached hydrogens (tertiary/aromatic N) is 2. The number of nitriles is 1. The van der Waals surface area contributed by atoms with Crippen LogP contribution in [0.15, 0.2) is 12.3 Å². The Balaban J connectivity index is 2.54. The molecular weight excluding hydrogens is 266 g/mol. The molecule has 0 saturated heterocycles. The smallest absolute Gasteiger partial charge is 0.137 e. The van der Waals surface area contributed by atoms with Crippen LogP contribution < -0.4 is 5.32 Å². The van der Waals surface area contributed by atoms with Gasteiger partial charge in [-0.1, -0.05) is 19.6 Å². The van der Waals surface area contributed by atoms with E-state index in [0.717, 1.165) is 30.3 Å². The number of aliphatic hydroxyl groups is 1. The third-order valence-corrected chi connectivity index (χ3v) is 5.40. The normalized spacial score (nSPS) is 11.8. The Morgan fingerprint density at radius 2 is 2.10 bits per heavy atom. The Morgan fingerprint density at radius 1 is 1.35 bits per heavy atom. The number of rotatable bonds is 5. The van der Waals surface area contributed by atoms with E-state index in [-0.39, 0.29) is 6.61 Å². The highest BCUT2D eigenvalue weighted by molar-refractivity contribution is 6.88. The van der Waals surface area contributed by atoms with Crippen LogP contribution in [-0.4, -0.2) is 29.8 Å². The lowest BCUT2D eigenvalue weighted by Crippen LogP contribution is -2.40. The topological polar surface area (TPSA) is 72.7 Å². The molecule has 20 heavy (non-hydrogen) atoms. The van der Waals surface area contributed by atoms with Gasteiger partial charge in [-0.3, -0.25) is 0 Å². The summed E-state index contributed by atoms with van der Waals surface area (Å²) in [6, 6.07) is 4.08. The maximum atomic E-state index is 9.04. The van der Waals surface area contributed by atoms with Crippen molar-refractivity contribution < 1.29 is 5.11 Å². The average Bonchev–Trinajstić information content (AvgIpc) is 2.77. The first-order chi connectivity index (χ1) is 9.47. The number of aromatic nitrogens is 2. The minimum atomic E-state index is -1.49. The Morgan fingerprint density at radius 3 is 2.70 bits per heavy atom. The van der Waals surface area contributed by atoms with Crippen LogP contribution in [0.1, 0.15) is 24.0 Å². The summed E-state index contributed by atoms with van der Waals surface area (Å²) in [5.41, 5.74) is 2.76. The maximum absolute atomic E-state index is 9.04. The molecule has 2 rings (SSSR count). The van der Waals surface area contributed by atoms with Crippen molar-refractivity contribution >= 4 is 24.4 Å². The van der Waals surface area contributed by atoms with Gasteiger partial charge >= 0.3 is 0 Å². The van der Waals surface area contributed by atoms with Gasteiger partial charge in [-0.15, -0.1) is 0 Å². The van der Waals surface area contributed by atoms with Crippen molar-refractivity contribution in [1.82, 2.24) is 9.97 Å².